The Bertz CT molecular complexity index is 435. The highest BCUT2D eigenvalue weighted by Gasteiger charge is 2.41. The fourth-order valence-electron chi connectivity index (χ4n) is 2.31. The highest BCUT2D eigenvalue weighted by molar-refractivity contribution is 5.75. The number of aliphatic hydroxyl groups is 1. The van der Waals surface area contributed by atoms with E-state index in [2.05, 4.69) is 36.5 Å². The molecule has 20 heavy (non-hydrogen) atoms. The van der Waals surface area contributed by atoms with E-state index in [9.17, 15) is 9.90 Å². The number of aryl methyl sites for hydroxylation is 2. The first-order valence-corrected chi connectivity index (χ1v) is 7.57. The summed E-state index contributed by atoms with van der Waals surface area (Å²) < 4.78 is 0. The summed E-state index contributed by atoms with van der Waals surface area (Å²) in [4.78, 5) is 11.7. The third kappa shape index (κ3) is 4.64. The van der Waals surface area contributed by atoms with Crippen molar-refractivity contribution in [3.05, 3.63) is 35.4 Å². The van der Waals surface area contributed by atoms with Gasteiger partial charge in [0.2, 0.25) is 5.91 Å². The number of unbranched alkanes of at least 4 members (excludes halogenated alkanes) is 1. The molecule has 110 valence electrons. The van der Waals surface area contributed by atoms with Gasteiger partial charge in [-0.2, -0.15) is 0 Å². The van der Waals surface area contributed by atoms with E-state index >= 15 is 0 Å². The van der Waals surface area contributed by atoms with Crippen molar-refractivity contribution < 1.29 is 9.90 Å². The number of hydrogen-bond donors (Lipinski definition) is 2. The number of aliphatic hydroxyl groups excluding tert-OH is 1. The minimum Gasteiger partial charge on any atom is -0.396 e. The molecule has 0 radical (unpaired) electrons. The highest BCUT2D eigenvalue weighted by Crippen LogP contribution is 2.44. The zero-order valence-electron chi connectivity index (χ0n) is 12.3. The molecule has 0 aromatic heterocycles. The van der Waals surface area contributed by atoms with Gasteiger partial charge in [0, 0.05) is 18.4 Å². The van der Waals surface area contributed by atoms with Crippen LogP contribution in [-0.2, 0) is 11.2 Å². The Labute approximate surface area is 121 Å². The van der Waals surface area contributed by atoms with Gasteiger partial charge in [-0.15, -0.1) is 0 Å². The molecule has 1 fully saturated rings. The Balaban J connectivity index is 1.56. The molecule has 1 aromatic rings. The maximum atomic E-state index is 11.7. The number of rotatable bonds is 8. The molecule has 2 N–H and O–H groups in total. The largest absolute Gasteiger partial charge is 0.396 e. The van der Waals surface area contributed by atoms with E-state index < -0.39 is 0 Å². The number of amides is 1. The quantitative estimate of drug-likeness (QED) is 0.716. The number of benzene rings is 1. The molecule has 1 saturated carbocycles. The van der Waals surface area contributed by atoms with Gasteiger partial charge in [0.05, 0.1) is 6.61 Å². The van der Waals surface area contributed by atoms with Crippen LogP contribution < -0.4 is 5.32 Å². The third-order valence-corrected chi connectivity index (χ3v) is 4.19. The van der Waals surface area contributed by atoms with Gasteiger partial charge in [0.15, 0.2) is 0 Å². The standard InChI is InChI=1S/C17H25NO2/c1-14-6-8-15(9-7-14)4-2-3-5-16(20)18-12-17(13-19)10-11-17/h6-9,19H,2-5,10-13H2,1H3,(H,18,20). The molecule has 3 heteroatoms. The van der Waals surface area contributed by atoms with Crippen LogP contribution in [0.15, 0.2) is 24.3 Å². The second kappa shape index (κ2) is 6.89. The average molecular weight is 275 g/mol. The van der Waals surface area contributed by atoms with E-state index in [-0.39, 0.29) is 17.9 Å². The monoisotopic (exact) mass is 275 g/mol. The summed E-state index contributed by atoms with van der Waals surface area (Å²) in [7, 11) is 0. The molecule has 0 heterocycles. The van der Waals surface area contributed by atoms with Gasteiger partial charge in [0.25, 0.3) is 0 Å². The van der Waals surface area contributed by atoms with E-state index in [0.29, 0.717) is 13.0 Å². The van der Waals surface area contributed by atoms with Crippen LogP contribution in [0.25, 0.3) is 0 Å². The molecular formula is C17H25NO2. The summed E-state index contributed by atoms with van der Waals surface area (Å²) in [5.41, 5.74) is 2.64. The lowest BCUT2D eigenvalue weighted by atomic mass is 10.1. The van der Waals surface area contributed by atoms with Crippen molar-refractivity contribution in [2.75, 3.05) is 13.2 Å². The van der Waals surface area contributed by atoms with Gasteiger partial charge >= 0.3 is 0 Å². The first-order valence-electron chi connectivity index (χ1n) is 7.57. The molecule has 1 amide bonds. The number of carbonyl (C=O) groups is 1. The third-order valence-electron chi connectivity index (χ3n) is 4.19. The second-order valence-electron chi connectivity index (χ2n) is 6.13. The fraction of sp³-hybridized carbons (Fsp3) is 0.588. The Morgan fingerprint density at radius 3 is 2.55 bits per heavy atom. The Morgan fingerprint density at radius 2 is 1.95 bits per heavy atom. The highest BCUT2D eigenvalue weighted by atomic mass is 16.3. The van der Waals surface area contributed by atoms with Crippen LogP contribution in [0.4, 0.5) is 0 Å². The van der Waals surface area contributed by atoms with Crippen molar-refractivity contribution in [1.29, 1.82) is 0 Å². The van der Waals surface area contributed by atoms with E-state index in [1.54, 1.807) is 0 Å². The van der Waals surface area contributed by atoms with Gasteiger partial charge in [-0.25, -0.2) is 0 Å². The van der Waals surface area contributed by atoms with Crippen molar-refractivity contribution >= 4 is 5.91 Å². The van der Waals surface area contributed by atoms with E-state index in [1.165, 1.54) is 11.1 Å². The van der Waals surface area contributed by atoms with E-state index in [4.69, 9.17) is 0 Å². The Kier molecular flexibility index (Phi) is 5.18. The van der Waals surface area contributed by atoms with Gasteiger partial charge in [-0.1, -0.05) is 29.8 Å². The summed E-state index contributed by atoms with van der Waals surface area (Å²) in [5, 5.41) is 12.1. The van der Waals surface area contributed by atoms with Crippen LogP contribution >= 0.6 is 0 Å². The molecule has 0 spiro atoms. The van der Waals surface area contributed by atoms with Crippen LogP contribution in [0.1, 0.15) is 43.2 Å². The Morgan fingerprint density at radius 1 is 1.25 bits per heavy atom. The predicted octanol–water partition coefficient (Wildman–Crippen LogP) is 2.60. The molecule has 0 bridgehead atoms. The van der Waals surface area contributed by atoms with Crippen LogP contribution in [0, 0.1) is 12.3 Å². The van der Waals surface area contributed by atoms with Crippen molar-refractivity contribution in [1.82, 2.24) is 5.32 Å². The lowest BCUT2D eigenvalue weighted by Crippen LogP contribution is -2.31. The van der Waals surface area contributed by atoms with Gasteiger partial charge in [-0.05, 0) is 44.6 Å². The van der Waals surface area contributed by atoms with Crippen molar-refractivity contribution in [2.24, 2.45) is 5.41 Å². The molecule has 0 atom stereocenters. The lowest BCUT2D eigenvalue weighted by molar-refractivity contribution is -0.121. The van der Waals surface area contributed by atoms with Gasteiger partial charge in [-0.3, -0.25) is 4.79 Å². The molecule has 2 rings (SSSR count). The second-order valence-corrected chi connectivity index (χ2v) is 6.13. The van der Waals surface area contributed by atoms with E-state index in [1.807, 2.05) is 0 Å². The summed E-state index contributed by atoms with van der Waals surface area (Å²) in [6.45, 7) is 2.92. The number of hydrogen-bond acceptors (Lipinski definition) is 2. The normalized spacial score (nSPS) is 15.9. The van der Waals surface area contributed by atoms with Gasteiger partial charge in [0.1, 0.15) is 0 Å². The zero-order chi connectivity index (χ0) is 14.4. The molecule has 0 unspecified atom stereocenters. The van der Waals surface area contributed by atoms with Crippen LogP contribution in [0.2, 0.25) is 0 Å². The molecular weight excluding hydrogens is 250 g/mol. The summed E-state index contributed by atoms with van der Waals surface area (Å²) >= 11 is 0. The van der Waals surface area contributed by atoms with Crippen LogP contribution in [-0.4, -0.2) is 24.2 Å². The fourth-order valence-corrected chi connectivity index (χ4v) is 2.31. The minimum atomic E-state index is 0.0115. The van der Waals surface area contributed by atoms with Gasteiger partial charge < -0.3 is 10.4 Å². The first kappa shape index (κ1) is 15.0. The van der Waals surface area contributed by atoms with Crippen LogP contribution in [0.5, 0.6) is 0 Å². The summed E-state index contributed by atoms with van der Waals surface area (Å²) in [6.07, 6.45) is 5.67. The van der Waals surface area contributed by atoms with E-state index in [0.717, 1.165) is 32.1 Å². The lowest BCUT2D eigenvalue weighted by Gasteiger charge is -2.12. The SMILES string of the molecule is Cc1ccc(CCCCC(=O)NCC2(CO)CC2)cc1. The zero-order valence-corrected chi connectivity index (χ0v) is 12.3. The maximum Gasteiger partial charge on any atom is 0.220 e. The maximum absolute atomic E-state index is 11.7. The average Bonchev–Trinajstić information content (AvgIpc) is 3.24. The molecule has 1 aliphatic carbocycles. The summed E-state index contributed by atoms with van der Waals surface area (Å²) in [5.74, 6) is 0.119. The smallest absolute Gasteiger partial charge is 0.220 e. The van der Waals surface area contributed by atoms with Crippen molar-refractivity contribution in [3.63, 3.8) is 0 Å². The number of carbonyl (C=O) groups excluding carboxylic acids is 1. The van der Waals surface area contributed by atoms with Crippen molar-refractivity contribution in [2.45, 2.75) is 45.4 Å². The topological polar surface area (TPSA) is 49.3 Å². The molecule has 0 aliphatic heterocycles. The first-order chi connectivity index (χ1) is 9.63. The predicted molar refractivity (Wildman–Crippen MR) is 80.5 cm³/mol. The molecule has 1 aromatic carbocycles. The molecule has 0 saturated heterocycles. The van der Waals surface area contributed by atoms with Crippen LogP contribution in [0.3, 0.4) is 0 Å². The van der Waals surface area contributed by atoms with Crippen molar-refractivity contribution in [3.8, 4) is 0 Å². The molecule has 1 aliphatic rings. The number of nitrogens with one attached hydrogen (secondary N) is 1. The molecule has 3 nitrogen and oxygen atoms in total. The minimum absolute atomic E-state index is 0.0115. The Hall–Kier alpha value is -1.35. The summed E-state index contributed by atoms with van der Waals surface area (Å²) in [6, 6.07) is 8.58.